The number of unbranched alkanes of at least 4 members (excludes halogenated alkanes) is 44. The third kappa shape index (κ3) is 65.9. The fourth-order valence-corrected chi connectivity index (χ4v) is 16.3. The summed E-state index contributed by atoms with van der Waals surface area (Å²) in [4.78, 5) is 62.4. The quantitative estimate of drug-likeness (QED) is 0.0374. The smallest absolute Gasteiger partial charge is 0.308 e. The first-order valence-corrected chi connectivity index (χ1v) is 49.5. The second-order valence-corrected chi connectivity index (χ2v) is 34.5. The molecule has 0 saturated heterocycles. The summed E-state index contributed by atoms with van der Waals surface area (Å²) < 4.78 is 26.1. The first kappa shape index (κ1) is 107. The molecule has 14 heteroatoms. The normalized spacial score (nSPS) is 12.9. The molecule has 0 bridgehead atoms. The van der Waals surface area contributed by atoms with Crippen LogP contribution in [0.2, 0.25) is 0 Å². The van der Waals surface area contributed by atoms with Gasteiger partial charge in [0.2, 0.25) is 0 Å². The van der Waals surface area contributed by atoms with Gasteiger partial charge < -0.3 is 33.9 Å². The van der Waals surface area contributed by atoms with Crippen molar-refractivity contribution in [3.63, 3.8) is 0 Å². The maximum atomic E-state index is 13.6. The Morgan fingerprint density at radius 3 is 0.732 bits per heavy atom. The molecule has 1 aromatic heterocycles. The number of carbonyl (C=O) groups is 4. The molecule has 1 rings (SSSR count). The van der Waals surface area contributed by atoms with Crippen LogP contribution in [0.4, 0.5) is 0 Å². The van der Waals surface area contributed by atoms with E-state index in [0.717, 1.165) is 264 Å². The van der Waals surface area contributed by atoms with Crippen molar-refractivity contribution in [3.05, 3.63) is 18.0 Å². The molecule has 0 aliphatic heterocycles. The molecule has 0 aromatic carbocycles. The van der Waals surface area contributed by atoms with Crippen LogP contribution in [0.25, 0.3) is 0 Å². The van der Waals surface area contributed by atoms with Crippen molar-refractivity contribution in [2.24, 2.45) is 23.7 Å². The number of aliphatic hydroxyl groups excluding tert-OH is 1. The third-order valence-corrected chi connectivity index (χ3v) is 23.9. The highest BCUT2D eigenvalue weighted by molar-refractivity contribution is 5.73. The Morgan fingerprint density at radius 1 is 0.286 bits per heavy atom. The summed E-state index contributed by atoms with van der Waals surface area (Å²) in [5.74, 6) is 0.297. The van der Waals surface area contributed by atoms with Gasteiger partial charge in [-0.3, -0.25) is 28.8 Å². The van der Waals surface area contributed by atoms with Crippen LogP contribution in [0.3, 0.4) is 0 Å². The monoisotopic (exact) mass is 1580 g/mol. The van der Waals surface area contributed by atoms with Gasteiger partial charge in [0.1, 0.15) is 0 Å². The molecule has 0 aliphatic rings. The molecule has 0 aliphatic carbocycles. The lowest BCUT2D eigenvalue weighted by atomic mass is 9.94. The van der Waals surface area contributed by atoms with Gasteiger partial charge in [-0.05, 0) is 129 Å². The molecule has 660 valence electrons. The van der Waals surface area contributed by atoms with Gasteiger partial charge >= 0.3 is 23.9 Å². The van der Waals surface area contributed by atoms with Crippen molar-refractivity contribution in [1.82, 2.24) is 24.5 Å². The number of esters is 4. The van der Waals surface area contributed by atoms with E-state index >= 15 is 0 Å². The molecule has 1 N–H and O–H groups in total. The Hall–Kier alpha value is -3.07. The Balaban J connectivity index is 3.36. The zero-order valence-electron chi connectivity index (χ0n) is 75.8. The third-order valence-electron chi connectivity index (χ3n) is 23.9. The van der Waals surface area contributed by atoms with Crippen LogP contribution in [0.5, 0.6) is 0 Å². The average Bonchev–Trinajstić information content (AvgIpc) is 1.75. The second-order valence-electron chi connectivity index (χ2n) is 34.5. The van der Waals surface area contributed by atoms with E-state index in [1.54, 1.807) is 0 Å². The van der Waals surface area contributed by atoms with Crippen molar-refractivity contribution in [1.29, 1.82) is 0 Å². The molecule has 112 heavy (non-hydrogen) atoms. The minimum absolute atomic E-state index is 0.0362. The fraction of sp³-hybridized carbons (Fsp3) is 0.929. The number of rotatable bonds is 90. The molecule has 1 heterocycles. The molecule has 0 fully saturated rings. The van der Waals surface area contributed by atoms with Crippen LogP contribution in [0.1, 0.15) is 472 Å². The highest BCUT2D eigenvalue weighted by Crippen LogP contribution is 2.26. The van der Waals surface area contributed by atoms with Gasteiger partial charge in [-0.1, -0.05) is 364 Å². The summed E-state index contributed by atoms with van der Waals surface area (Å²) in [6.45, 7) is 29.4. The molecule has 1 aromatic rings. The lowest BCUT2D eigenvalue weighted by molar-refractivity contribution is -0.150. The number of hydrogen-bond donors (Lipinski definition) is 1. The summed E-state index contributed by atoms with van der Waals surface area (Å²) in [5.41, 5.74) is 1.17. The van der Waals surface area contributed by atoms with Crippen LogP contribution in [-0.2, 0) is 51.2 Å². The fourth-order valence-electron chi connectivity index (χ4n) is 16.3. The summed E-state index contributed by atoms with van der Waals surface area (Å²) in [5, 5.41) is 14.6. The van der Waals surface area contributed by atoms with Gasteiger partial charge in [-0.25, -0.2) is 0 Å². The van der Waals surface area contributed by atoms with Crippen molar-refractivity contribution < 1.29 is 43.2 Å². The number of aliphatic hydroxyl groups is 1. The first-order valence-electron chi connectivity index (χ1n) is 49.5. The number of nitrogens with zero attached hydrogens (tertiary/aromatic N) is 5. The minimum Gasteiger partial charge on any atom is -0.465 e. The van der Waals surface area contributed by atoms with Gasteiger partial charge in [0.15, 0.2) is 0 Å². The minimum atomic E-state index is 0.0362. The molecule has 14 nitrogen and oxygen atoms in total. The van der Waals surface area contributed by atoms with Crippen molar-refractivity contribution in [3.8, 4) is 0 Å². The number of ether oxygens (including phenoxy) is 4. The lowest BCUT2D eigenvalue weighted by Crippen LogP contribution is -2.40. The molecule has 0 spiro atoms. The van der Waals surface area contributed by atoms with E-state index in [4.69, 9.17) is 18.9 Å². The second kappa shape index (κ2) is 83.0. The van der Waals surface area contributed by atoms with Gasteiger partial charge in [0.25, 0.3) is 0 Å². The van der Waals surface area contributed by atoms with E-state index in [9.17, 15) is 24.3 Å². The summed E-state index contributed by atoms with van der Waals surface area (Å²) >= 11 is 0. The Morgan fingerprint density at radius 2 is 0.491 bits per heavy atom. The van der Waals surface area contributed by atoms with Gasteiger partial charge in [0.05, 0.1) is 69.4 Å². The van der Waals surface area contributed by atoms with E-state index in [1.807, 2.05) is 10.9 Å². The average molecular weight is 1580 g/mol. The maximum Gasteiger partial charge on any atom is 0.308 e. The lowest BCUT2D eigenvalue weighted by Gasteiger charge is -2.30. The van der Waals surface area contributed by atoms with Gasteiger partial charge in [0, 0.05) is 44.5 Å². The SMILES string of the molecule is CCCCCCCCC(CCCCCC)C(=O)OCCCCCCN(CCCCCCOC(=O)C(CCCCCC)CCCCCCCC)CCN(CCN(CCCCCCOC(=O)C(CCCCCC)CCCCCCCC)CCCCCCOC(=O)C(CCCCCC)CCCCCCCC)Cc1cnn(CCO)c1. The first-order chi connectivity index (χ1) is 55.0. The molecular weight excluding hydrogens is 1390 g/mol. The van der Waals surface area contributed by atoms with Crippen LogP contribution in [0.15, 0.2) is 12.4 Å². The highest BCUT2D eigenvalue weighted by Gasteiger charge is 2.24. The standard InChI is InChI=1S/C98H189N5O9/c1-9-17-25-33-37-53-69-91(65-49-29-21-13-5)95(105)109-83-61-45-41-57-73-100(74-58-42-46-62-84-110-96(106)92(66-50-30-22-14-6)70-54-38-34-26-18-10-2)77-79-102(88-90-87-99-103(89-90)81-82-104)80-78-101(75-59-43-47-63-85-111-97(107)93(67-51-31-23-15-7)71-55-39-35-27-19-11-3)76-60-44-48-64-86-112-98(108)94(68-52-32-24-16-8)72-56-40-36-28-20-12-4/h87,89,91-94,104H,9-86,88H2,1-8H3. The van der Waals surface area contributed by atoms with Crippen LogP contribution in [0, 0.1) is 23.7 Å². The number of hydrogen-bond acceptors (Lipinski definition) is 13. The largest absolute Gasteiger partial charge is 0.465 e. The topological polar surface area (TPSA) is 153 Å². The van der Waals surface area contributed by atoms with Crippen LogP contribution in [-0.4, -0.2) is 139 Å². The predicted octanol–water partition coefficient (Wildman–Crippen LogP) is 27.0. The number of aromatic nitrogens is 2. The Labute approximate surface area is 694 Å². The summed E-state index contributed by atoms with van der Waals surface area (Å²) in [6.07, 6.45) is 77.3. The highest BCUT2D eigenvalue weighted by atomic mass is 16.5. The van der Waals surface area contributed by atoms with Crippen molar-refractivity contribution in [2.75, 3.05) is 85.4 Å². The van der Waals surface area contributed by atoms with Crippen LogP contribution < -0.4 is 0 Å². The van der Waals surface area contributed by atoms with E-state index in [-0.39, 0.29) is 54.2 Å². The summed E-state index contributed by atoms with van der Waals surface area (Å²) in [7, 11) is 0. The van der Waals surface area contributed by atoms with Crippen molar-refractivity contribution in [2.45, 2.75) is 479 Å². The molecule has 4 atom stereocenters. The van der Waals surface area contributed by atoms with E-state index in [0.29, 0.717) is 33.0 Å². The van der Waals surface area contributed by atoms with E-state index in [1.165, 1.54) is 211 Å². The van der Waals surface area contributed by atoms with E-state index in [2.05, 4.69) is 81.4 Å². The molecule has 0 saturated carbocycles. The number of carbonyl (C=O) groups excluding carboxylic acids is 4. The Bertz CT molecular complexity index is 1920. The Kier molecular flexibility index (Phi) is 79.3. The van der Waals surface area contributed by atoms with Gasteiger partial charge in [-0.2, -0.15) is 5.10 Å². The predicted molar refractivity (Wildman–Crippen MR) is 476 cm³/mol. The van der Waals surface area contributed by atoms with Crippen molar-refractivity contribution >= 4 is 23.9 Å². The molecular formula is C98H189N5O9. The zero-order valence-corrected chi connectivity index (χ0v) is 75.8. The van der Waals surface area contributed by atoms with Crippen LogP contribution >= 0.6 is 0 Å². The van der Waals surface area contributed by atoms with E-state index < -0.39 is 0 Å². The molecule has 0 amide bonds. The molecule has 0 radical (unpaired) electrons. The van der Waals surface area contributed by atoms with Gasteiger partial charge in [-0.15, -0.1) is 0 Å². The maximum absolute atomic E-state index is 13.6. The zero-order chi connectivity index (χ0) is 81.3. The molecule has 4 unspecified atom stereocenters. The summed E-state index contributed by atoms with van der Waals surface area (Å²) in [6, 6.07) is 0.